The number of hydrogen-bond donors (Lipinski definition) is 2. The van der Waals surface area contributed by atoms with Crippen molar-refractivity contribution < 1.29 is 0 Å². The molecule has 0 aromatic carbocycles. The van der Waals surface area contributed by atoms with Gasteiger partial charge in [-0.05, 0) is 0 Å². The summed E-state index contributed by atoms with van der Waals surface area (Å²) >= 11 is 1.69. The zero-order chi connectivity index (χ0) is 9.52. The molecular formula is C9H17N3S. The van der Waals surface area contributed by atoms with E-state index in [1.807, 2.05) is 11.7 Å². The minimum atomic E-state index is 0.574. The van der Waals surface area contributed by atoms with E-state index in [1.54, 1.807) is 11.3 Å². The summed E-state index contributed by atoms with van der Waals surface area (Å²) in [5.74, 6) is 0. The van der Waals surface area contributed by atoms with Crippen molar-refractivity contribution in [1.29, 1.82) is 0 Å². The number of thiazole rings is 1. The average Bonchev–Trinajstić information content (AvgIpc) is 2.55. The van der Waals surface area contributed by atoms with Crippen molar-refractivity contribution in [2.45, 2.75) is 26.4 Å². The molecule has 0 aliphatic carbocycles. The topological polar surface area (TPSA) is 37.0 Å². The molecule has 4 heteroatoms. The van der Waals surface area contributed by atoms with Gasteiger partial charge in [0.25, 0.3) is 0 Å². The molecule has 0 unspecified atom stereocenters. The van der Waals surface area contributed by atoms with Gasteiger partial charge in [-0.3, -0.25) is 4.98 Å². The van der Waals surface area contributed by atoms with E-state index in [1.165, 1.54) is 4.88 Å². The molecule has 0 bridgehead atoms. The second-order valence-corrected chi connectivity index (χ2v) is 4.22. The van der Waals surface area contributed by atoms with E-state index in [0.717, 1.165) is 19.6 Å². The lowest BCUT2D eigenvalue weighted by Crippen LogP contribution is -2.31. The maximum absolute atomic E-state index is 4.01. The van der Waals surface area contributed by atoms with Gasteiger partial charge in [-0.25, -0.2) is 0 Å². The molecule has 13 heavy (non-hydrogen) atoms. The van der Waals surface area contributed by atoms with E-state index in [9.17, 15) is 0 Å². The second kappa shape index (κ2) is 6.07. The van der Waals surface area contributed by atoms with Crippen molar-refractivity contribution in [1.82, 2.24) is 15.6 Å². The predicted molar refractivity (Wildman–Crippen MR) is 57.0 cm³/mol. The quantitative estimate of drug-likeness (QED) is 0.677. The summed E-state index contributed by atoms with van der Waals surface area (Å²) in [6, 6.07) is 0.574. The molecule has 0 aliphatic rings. The van der Waals surface area contributed by atoms with E-state index < -0.39 is 0 Å². The summed E-state index contributed by atoms with van der Waals surface area (Å²) in [7, 11) is 0. The first-order valence-corrected chi connectivity index (χ1v) is 5.48. The highest BCUT2D eigenvalue weighted by atomic mass is 32.1. The van der Waals surface area contributed by atoms with E-state index in [-0.39, 0.29) is 0 Å². The molecule has 0 spiro atoms. The average molecular weight is 199 g/mol. The maximum Gasteiger partial charge on any atom is 0.0794 e. The highest BCUT2D eigenvalue weighted by molar-refractivity contribution is 7.09. The molecule has 74 valence electrons. The summed E-state index contributed by atoms with van der Waals surface area (Å²) in [6.07, 6.45) is 1.91. The Balaban J connectivity index is 1.96. The lowest BCUT2D eigenvalue weighted by atomic mass is 10.4. The van der Waals surface area contributed by atoms with Crippen LogP contribution in [0, 0.1) is 0 Å². The molecule has 2 N–H and O–H groups in total. The Labute approximate surface area is 83.6 Å². The summed E-state index contributed by atoms with van der Waals surface area (Å²) < 4.78 is 0. The summed E-state index contributed by atoms with van der Waals surface area (Å²) in [6.45, 7) is 7.28. The molecule has 0 aliphatic heterocycles. The zero-order valence-electron chi connectivity index (χ0n) is 8.21. The third-order valence-electron chi connectivity index (χ3n) is 1.64. The fraction of sp³-hybridized carbons (Fsp3) is 0.667. The first kappa shape index (κ1) is 10.6. The first-order chi connectivity index (χ1) is 6.29. The number of rotatable bonds is 6. The largest absolute Gasteiger partial charge is 0.313 e. The van der Waals surface area contributed by atoms with Crippen LogP contribution in [-0.2, 0) is 6.54 Å². The van der Waals surface area contributed by atoms with Crippen LogP contribution in [-0.4, -0.2) is 24.1 Å². The van der Waals surface area contributed by atoms with Crippen LogP contribution in [0.15, 0.2) is 11.7 Å². The molecule has 0 radical (unpaired) electrons. The highest BCUT2D eigenvalue weighted by Gasteiger charge is 1.94. The molecule has 1 aromatic rings. The Kier molecular flexibility index (Phi) is 4.97. The molecule has 0 fully saturated rings. The molecule has 0 saturated heterocycles. The maximum atomic E-state index is 4.01. The molecule has 3 nitrogen and oxygen atoms in total. The SMILES string of the molecule is CC(C)NCCNCc1cncs1. The number of aromatic nitrogens is 1. The van der Waals surface area contributed by atoms with Gasteiger partial charge in [0.05, 0.1) is 5.51 Å². The van der Waals surface area contributed by atoms with Gasteiger partial charge in [-0.2, -0.15) is 0 Å². The summed E-state index contributed by atoms with van der Waals surface area (Å²) in [5, 5.41) is 6.70. The van der Waals surface area contributed by atoms with Gasteiger partial charge in [-0.1, -0.05) is 13.8 Å². The standard InChI is InChI=1S/C9H17N3S/c1-8(2)12-4-3-10-5-9-6-11-7-13-9/h6-8,10,12H,3-5H2,1-2H3. The minimum Gasteiger partial charge on any atom is -0.313 e. The monoisotopic (exact) mass is 199 g/mol. The van der Waals surface area contributed by atoms with Gasteiger partial charge < -0.3 is 10.6 Å². The molecule has 1 rings (SSSR count). The molecule has 0 saturated carbocycles. The normalized spacial score (nSPS) is 11.0. The van der Waals surface area contributed by atoms with Crippen molar-refractivity contribution in [3.63, 3.8) is 0 Å². The third kappa shape index (κ3) is 4.98. The van der Waals surface area contributed by atoms with Gasteiger partial charge >= 0.3 is 0 Å². The van der Waals surface area contributed by atoms with Crippen molar-refractivity contribution in [2.24, 2.45) is 0 Å². The Bertz CT molecular complexity index is 209. The summed E-state index contributed by atoms with van der Waals surface area (Å²) in [4.78, 5) is 5.31. The fourth-order valence-corrected chi connectivity index (χ4v) is 1.55. The molecule has 0 amide bonds. The van der Waals surface area contributed by atoms with Gasteiger partial charge in [0.2, 0.25) is 0 Å². The Hall–Kier alpha value is -0.450. The van der Waals surface area contributed by atoms with Gasteiger partial charge in [-0.15, -0.1) is 11.3 Å². The lowest BCUT2D eigenvalue weighted by Gasteiger charge is -2.07. The third-order valence-corrected chi connectivity index (χ3v) is 2.42. The van der Waals surface area contributed by atoms with Gasteiger partial charge in [0.15, 0.2) is 0 Å². The number of hydrogen-bond acceptors (Lipinski definition) is 4. The van der Waals surface area contributed by atoms with Crippen LogP contribution in [0.1, 0.15) is 18.7 Å². The first-order valence-electron chi connectivity index (χ1n) is 4.60. The van der Waals surface area contributed by atoms with E-state index >= 15 is 0 Å². The lowest BCUT2D eigenvalue weighted by molar-refractivity contribution is 0.557. The predicted octanol–water partition coefficient (Wildman–Crippen LogP) is 1.23. The van der Waals surface area contributed by atoms with E-state index in [0.29, 0.717) is 6.04 Å². The van der Waals surface area contributed by atoms with Crippen LogP contribution >= 0.6 is 11.3 Å². The van der Waals surface area contributed by atoms with Crippen LogP contribution in [0.2, 0.25) is 0 Å². The van der Waals surface area contributed by atoms with Crippen LogP contribution in [0.4, 0.5) is 0 Å². The van der Waals surface area contributed by atoms with E-state index in [4.69, 9.17) is 0 Å². The van der Waals surface area contributed by atoms with E-state index in [2.05, 4.69) is 29.5 Å². The van der Waals surface area contributed by atoms with Crippen LogP contribution in [0.5, 0.6) is 0 Å². The smallest absolute Gasteiger partial charge is 0.0794 e. The zero-order valence-corrected chi connectivity index (χ0v) is 9.03. The minimum absolute atomic E-state index is 0.574. The molecule has 0 atom stereocenters. The Morgan fingerprint density at radius 2 is 2.31 bits per heavy atom. The van der Waals surface area contributed by atoms with Crippen LogP contribution < -0.4 is 10.6 Å². The number of nitrogens with zero attached hydrogens (tertiary/aromatic N) is 1. The fourth-order valence-electron chi connectivity index (χ4n) is 0.990. The Morgan fingerprint density at radius 3 is 2.92 bits per heavy atom. The van der Waals surface area contributed by atoms with Crippen molar-refractivity contribution in [3.8, 4) is 0 Å². The van der Waals surface area contributed by atoms with Crippen molar-refractivity contribution in [2.75, 3.05) is 13.1 Å². The van der Waals surface area contributed by atoms with Gasteiger partial charge in [0.1, 0.15) is 0 Å². The number of nitrogens with one attached hydrogen (secondary N) is 2. The molecular weight excluding hydrogens is 182 g/mol. The van der Waals surface area contributed by atoms with Crippen LogP contribution in [0.3, 0.4) is 0 Å². The van der Waals surface area contributed by atoms with Crippen LogP contribution in [0.25, 0.3) is 0 Å². The highest BCUT2D eigenvalue weighted by Crippen LogP contribution is 2.03. The van der Waals surface area contributed by atoms with Crippen molar-refractivity contribution in [3.05, 3.63) is 16.6 Å². The summed E-state index contributed by atoms with van der Waals surface area (Å²) in [5.41, 5.74) is 1.86. The molecule has 1 aromatic heterocycles. The van der Waals surface area contributed by atoms with Crippen molar-refractivity contribution >= 4 is 11.3 Å². The van der Waals surface area contributed by atoms with Gasteiger partial charge in [0, 0.05) is 36.8 Å². The molecule has 1 heterocycles. The second-order valence-electron chi connectivity index (χ2n) is 3.25. The Morgan fingerprint density at radius 1 is 1.46 bits per heavy atom.